The number of carboxylic acids is 1. The zero-order valence-corrected chi connectivity index (χ0v) is 18.1. The van der Waals surface area contributed by atoms with Crippen molar-refractivity contribution in [2.24, 2.45) is 5.92 Å². The molecule has 1 fully saturated rings. The van der Waals surface area contributed by atoms with E-state index in [9.17, 15) is 18.0 Å². The summed E-state index contributed by atoms with van der Waals surface area (Å²) >= 11 is 0. The quantitative estimate of drug-likeness (QED) is 0.691. The largest absolute Gasteiger partial charge is 0.493 e. The number of hydrogen-bond acceptors (Lipinski definition) is 5. The van der Waals surface area contributed by atoms with E-state index in [0.29, 0.717) is 32.1 Å². The van der Waals surface area contributed by atoms with Gasteiger partial charge < -0.3 is 24.4 Å². The Hall–Kier alpha value is -2.33. The molecule has 0 aliphatic carbocycles. The number of nitrogens with zero attached hydrogens (tertiary/aromatic N) is 2. The number of hydrogen-bond donors (Lipinski definition) is 1. The monoisotopic (exact) mass is 448 g/mol. The van der Waals surface area contributed by atoms with Gasteiger partial charge in [-0.1, -0.05) is 18.2 Å². The predicted molar refractivity (Wildman–Crippen MR) is 109 cm³/mol. The summed E-state index contributed by atoms with van der Waals surface area (Å²) in [5.74, 6) is -1.42. The highest BCUT2D eigenvalue weighted by atomic mass is 19.4. The highest BCUT2D eigenvalue weighted by Crippen LogP contribution is 2.20. The Bertz CT molecular complexity index is 671. The van der Waals surface area contributed by atoms with E-state index in [1.807, 2.05) is 35.2 Å². The second kappa shape index (κ2) is 13.2. The van der Waals surface area contributed by atoms with Crippen LogP contribution in [0.15, 0.2) is 30.3 Å². The standard InChI is InChI=1S/C19H30N2O3.C2HF3O2/c1-16-17(9-11-20(2)3)15-23-14-12-21(16)19(22)10-13-24-18-7-5-4-6-8-18;3-2(4,5)1(6)7/h4-8,16-17H,9-15H2,1-3H3;(H,6,7)/t16-,17+;/m0./s1. The van der Waals surface area contributed by atoms with Gasteiger partial charge in [0.05, 0.1) is 26.2 Å². The van der Waals surface area contributed by atoms with E-state index < -0.39 is 12.1 Å². The summed E-state index contributed by atoms with van der Waals surface area (Å²) in [4.78, 5) is 25.7. The van der Waals surface area contributed by atoms with Crippen molar-refractivity contribution >= 4 is 11.9 Å². The van der Waals surface area contributed by atoms with Gasteiger partial charge in [-0.3, -0.25) is 4.79 Å². The Morgan fingerprint density at radius 2 is 1.87 bits per heavy atom. The van der Waals surface area contributed by atoms with Crippen molar-refractivity contribution < 1.29 is 37.3 Å². The second-order valence-corrected chi connectivity index (χ2v) is 7.47. The van der Waals surface area contributed by atoms with Gasteiger partial charge >= 0.3 is 12.1 Å². The van der Waals surface area contributed by atoms with Crippen LogP contribution in [0.1, 0.15) is 19.8 Å². The molecule has 0 aromatic heterocycles. The number of para-hydroxylation sites is 1. The molecule has 2 atom stereocenters. The van der Waals surface area contributed by atoms with E-state index in [-0.39, 0.29) is 11.9 Å². The number of aliphatic carboxylic acids is 1. The Morgan fingerprint density at radius 3 is 2.42 bits per heavy atom. The Balaban J connectivity index is 0.000000592. The topological polar surface area (TPSA) is 79.3 Å². The maximum atomic E-state index is 12.6. The number of halogens is 3. The van der Waals surface area contributed by atoms with Gasteiger partial charge in [0.2, 0.25) is 5.91 Å². The molecule has 1 amide bonds. The van der Waals surface area contributed by atoms with Crippen LogP contribution in [0.5, 0.6) is 5.75 Å². The number of carbonyl (C=O) groups is 2. The minimum absolute atomic E-state index is 0.152. The van der Waals surface area contributed by atoms with Crippen molar-refractivity contribution in [2.45, 2.75) is 32.0 Å². The molecule has 176 valence electrons. The van der Waals surface area contributed by atoms with Gasteiger partial charge in [-0.05, 0) is 46.1 Å². The first-order chi connectivity index (χ1) is 14.5. The molecule has 7 nitrogen and oxygen atoms in total. The third-order valence-electron chi connectivity index (χ3n) is 4.82. The lowest BCUT2D eigenvalue weighted by atomic mass is 9.96. The van der Waals surface area contributed by atoms with E-state index in [4.69, 9.17) is 19.4 Å². The fraction of sp³-hybridized carbons (Fsp3) is 0.619. The van der Waals surface area contributed by atoms with Gasteiger partial charge in [0.25, 0.3) is 0 Å². The van der Waals surface area contributed by atoms with Gasteiger partial charge in [-0.2, -0.15) is 13.2 Å². The van der Waals surface area contributed by atoms with Gasteiger partial charge in [0, 0.05) is 18.5 Å². The first-order valence-electron chi connectivity index (χ1n) is 10.0. The summed E-state index contributed by atoms with van der Waals surface area (Å²) < 4.78 is 43.1. The first kappa shape index (κ1) is 26.7. The average molecular weight is 448 g/mol. The van der Waals surface area contributed by atoms with Crippen LogP contribution in [0.25, 0.3) is 0 Å². The molecule has 1 aromatic carbocycles. The van der Waals surface area contributed by atoms with Crippen LogP contribution in [0, 0.1) is 5.92 Å². The SMILES string of the molecule is C[C@H]1[C@H](CCN(C)C)COCCN1C(=O)CCOc1ccccc1.O=C(O)C(F)(F)F. The number of alkyl halides is 3. The molecular weight excluding hydrogens is 417 g/mol. The minimum Gasteiger partial charge on any atom is -0.493 e. The maximum absolute atomic E-state index is 12.6. The van der Waals surface area contributed by atoms with Crippen LogP contribution in [0.3, 0.4) is 0 Å². The fourth-order valence-corrected chi connectivity index (χ4v) is 3.01. The summed E-state index contributed by atoms with van der Waals surface area (Å²) in [6, 6.07) is 9.83. The van der Waals surface area contributed by atoms with Crippen molar-refractivity contribution in [3.05, 3.63) is 30.3 Å². The Kier molecular flexibility index (Phi) is 11.3. The molecule has 0 unspecified atom stereocenters. The fourth-order valence-electron chi connectivity index (χ4n) is 3.01. The summed E-state index contributed by atoms with van der Waals surface area (Å²) in [7, 11) is 4.15. The van der Waals surface area contributed by atoms with Gasteiger partial charge in [0.15, 0.2) is 0 Å². The molecule has 1 aromatic rings. The van der Waals surface area contributed by atoms with Gasteiger partial charge in [0.1, 0.15) is 5.75 Å². The number of amides is 1. The van der Waals surface area contributed by atoms with E-state index in [1.165, 1.54) is 0 Å². The van der Waals surface area contributed by atoms with E-state index >= 15 is 0 Å². The molecule has 1 N–H and O–H groups in total. The first-order valence-corrected chi connectivity index (χ1v) is 10.0. The van der Waals surface area contributed by atoms with Crippen LogP contribution in [-0.2, 0) is 14.3 Å². The summed E-state index contributed by atoms with van der Waals surface area (Å²) in [6.07, 6.45) is -3.64. The van der Waals surface area contributed by atoms with Crippen molar-refractivity contribution in [1.29, 1.82) is 0 Å². The van der Waals surface area contributed by atoms with E-state index in [0.717, 1.165) is 25.3 Å². The normalized spacial score (nSPS) is 19.3. The molecule has 1 saturated heterocycles. The number of carbonyl (C=O) groups excluding carboxylic acids is 1. The summed E-state index contributed by atoms with van der Waals surface area (Å²) in [5, 5.41) is 7.12. The number of carboxylic acid groups (broad SMARTS) is 1. The second-order valence-electron chi connectivity index (χ2n) is 7.47. The van der Waals surface area contributed by atoms with Gasteiger partial charge in [-0.25, -0.2) is 4.79 Å². The highest BCUT2D eigenvalue weighted by Gasteiger charge is 2.38. The zero-order chi connectivity index (χ0) is 23.4. The van der Waals surface area contributed by atoms with Crippen molar-refractivity contribution in [1.82, 2.24) is 9.80 Å². The van der Waals surface area contributed by atoms with Crippen LogP contribution in [0.2, 0.25) is 0 Å². The molecule has 0 spiro atoms. The lowest BCUT2D eigenvalue weighted by Gasteiger charge is -2.32. The smallest absolute Gasteiger partial charge is 0.490 e. The predicted octanol–water partition coefficient (Wildman–Crippen LogP) is 2.90. The van der Waals surface area contributed by atoms with Crippen molar-refractivity contribution in [3.8, 4) is 5.75 Å². The zero-order valence-electron chi connectivity index (χ0n) is 18.1. The van der Waals surface area contributed by atoms with Crippen molar-refractivity contribution in [2.75, 3.05) is 47.0 Å². The molecule has 10 heteroatoms. The van der Waals surface area contributed by atoms with Gasteiger partial charge in [-0.15, -0.1) is 0 Å². The molecule has 1 aliphatic heterocycles. The molecule has 1 heterocycles. The average Bonchev–Trinajstić information content (AvgIpc) is 2.88. The molecule has 0 saturated carbocycles. The molecule has 0 radical (unpaired) electrons. The minimum atomic E-state index is -5.08. The summed E-state index contributed by atoms with van der Waals surface area (Å²) in [5.41, 5.74) is 0. The lowest BCUT2D eigenvalue weighted by Crippen LogP contribution is -2.44. The maximum Gasteiger partial charge on any atom is 0.490 e. The molecule has 1 aliphatic rings. The molecule has 0 bridgehead atoms. The Morgan fingerprint density at radius 1 is 1.26 bits per heavy atom. The molecule has 2 rings (SSSR count). The third kappa shape index (κ3) is 10.5. The molecular formula is C21H31F3N2O5. The highest BCUT2D eigenvalue weighted by molar-refractivity contribution is 5.76. The van der Waals surface area contributed by atoms with E-state index in [1.54, 1.807) is 0 Å². The number of rotatable bonds is 7. The van der Waals surface area contributed by atoms with Crippen LogP contribution in [-0.4, -0.2) is 86.0 Å². The lowest BCUT2D eigenvalue weighted by molar-refractivity contribution is -0.192. The number of ether oxygens (including phenoxy) is 2. The third-order valence-corrected chi connectivity index (χ3v) is 4.82. The Labute approximate surface area is 180 Å². The van der Waals surface area contributed by atoms with Crippen molar-refractivity contribution in [3.63, 3.8) is 0 Å². The number of benzene rings is 1. The van der Waals surface area contributed by atoms with Crippen LogP contribution < -0.4 is 4.74 Å². The summed E-state index contributed by atoms with van der Waals surface area (Å²) in [6.45, 7) is 5.59. The molecule has 31 heavy (non-hydrogen) atoms. The van der Waals surface area contributed by atoms with Crippen LogP contribution in [0.4, 0.5) is 13.2 Å². The van der Waals surface area contributed by atoms with E-state index in [2.05, 4.69) is 25.9 Å². The van der Waals surface area contributed by atoms with Crippen LogP contribution >= 0.6 is 0 Å².